The van der Waals surface area contributed by atoms with Crippen LogP contribution in [-0.2, 0) is 16.4 Å². The van der Waals surface area contributed by atoms with Crippen molar-refractivity contribution in [1.82, 2.24) is 14.2 Å². The topological polar surface area (TPSA) is 73.8 Å². The molecule has 0 N–H and O–H groups in total. The molecule has 0 saturated carbocycles. The van der Waals surface area contributed by atoms with Gasteiger partial charge in [0, 0.05) is 25.2 Å². The van der Waals surface area contributed by atoms with E-state index in [0.717, 1.165) is 48.9 Å². The van der Waals surface area contributed by atoms with Crippen molar-refractivity contribution in [3.05, 3.63) is 53.6 Å². The summed E-state index contributed by atoms with van der Waals surface area (Å²) in [6.07, 6.45) is 4.59. The zero-order valence-electron chi connectivity index (χ0n) is 21.1. The Labute approximate surface area is 224 Å². The molecule has 4 rings (SSSR count). The molecule has 1 aromatic heterocycles. The fourth-order valence-corrected chi connectivity index (χ4v) is 6.87. The van der Waals surface area contributed by atoms with E-state index in [4.69, 9.17) is 4.98 Å². The summed E-state index contributed by atoms with van der Waals surface area (Å²) in [7, 11) is 0.491. The van der Waals surface area contributed by atoms with E-state index in [-0.39, 0.29) is 23.2 Å². The van der Waals surface area contributed by atoms with Crippen molar-refractivity contribution >= 4 is 55.0 Å². The van der Waals surface area contributed by atoms with Gasteiger partial charge >= 0.3 is 0 Å². The van der Waals surface area contributed by atoms with Gasteiger partial charge in [0.15, 0.2) is 5.13 Å². The Bertz CT molecular complexity index is 1270. The third-order valence-electron chi connectivity index (χ3n) is 6.37. The fourth-order valence-electron chi connectivity index (χ4n) is 4.30. The number of benzene rings is 2. The van der Waals surface area contributed by atoms with Crippen molar-refractivity contribution in [2.24, 2.45) is 0 Å². The summed E-state index contributed by atoms with van der Waals surface area (Å²) in [4.78, 5) is 22.4. The third kappa shape index (κ3) is 6.44. The molecule has 0 aliphatic carbocycles. The fraction of sp³-hybridized carbons (Fsp3) is 0.462. The Kier molecular flexibility index (Phi) is 9.88. The van der Waals surface area contributed by atoms with Crippen molar-refractivity contribution in [2.75, 3.05) is 45.2 Å². The van der Waals surface area contributed by atoms with Gasteiger partial charge in [-0.05, 0) is 88.3 Å². The summed E-state index contributed by atoms with van der Waals surface area (Å²) in [6, 6.07) is 12.6. The van der Waals surface area contributed by atoms with Gasteiger partial charge in [-0.3, -0.25) is 9.69 Å². The van der Waals surface area contributed by atoms with Crippen molar-refractivity contribution in [3.63, 3.8) is 0 Å². The number of hydrogen-bond acceptors (Lipinski definition) is 6. The van der Waals surface area contributed by atoms with E-state index in [1.807, 2.05) is 20.2 Å². The lowest BCUT2D eigenvalue weighted by atomic mass is 10.2. The quantitative estimate of drug-likeness (QED) is 0.372. The number of thiazole rings is 1. The van der Waals surface area contributed by atoms with E-state index in [1.165, 1.54) is 16.9 Å². The number of piperidine rings is 1. The molecule has 0 unspecified atom stereocenters. The summed E-state index contributed by atoms with van der Waals surface area (Å²) in [5.41, 5.74) is 2.58. The molecule has 7 nitrogen and oxygen atoms in total. The number of fused-ring (bicyclic) bond motifs is 1. The SMILES string of the molecule is CCc1ccc2nc(N(CCCN(C)C)C(=O)c3ccc(S(=O)(=O)N4CCCCC4)cc3)sc2c1.Cl. The first-order valence-electron chi connectivity index (χ1n) is 12.3. The van der Waals surface area contributed by atoms with Gasteiger partial charge in [0.1, 0.15) is 0 Å². The van der Waals surface area contributed by atoms with Crippen LogP contribution >= 0.6 is 23.7 Å². The summed E-state index contributed by atoms with van der Waals surface area (Å²) >= 11 is 1.52. The Morgan fingerprint density at radius 2 is 1.72 bits per heavy atom. The van der Waals surface area contributed by atoms with Crippen molar-refractivity contribution in [1.29, 1.82) is 0 Å². The third-order valence-corrected chi connectivity index (χ3v) is 9.32. The Morgan fingerprint density at radius 3 is 2.36 bits per heavy atom. The zero-order valence-corrected chi connectivity index (χ0v) is 23.6. The predicted molar refractivity (Wildman–Crippen MR) is 150 cm³/mol. The molecule has 196 valence electrons. The van der Waals surface area contributed by atoms with Crippen LogP contribution in [0, 0.1) is 0 Å². The highest BCUT2D eigenvalue weighted by molar-refractivity contribution is 7.89. The molecule has 0 bridgehead atoms. The normalized spacial score (nSPS) is 14.7. The molecule has 1 aliphatic heterocycles. The van der Waals surface area contributed by atoms with Crippen molar-refractivity contribution < 1.29 is 13.2 Å². The van der Waals surface area contributed by atoms with Gasteiger partial charge in [0.05, 0.1) is 15.1 Å². The molecule has 2 aromatic carbocycles. The molecule has 10 heteroatoms. The molecule has 1 fully saturated rings. The first-order chi connectivity index (χ1) is 16.8. The van der Waals surface area contributed by atoms with Crippen LogP contribution in [0.4, 0.5) is 5.13 Å². The van der Waals surface area contributed by atoms with Crippen LogP contribution in [0.15, 0.2) is 47.4 Å². The highest BCUT2D eigenvalue weighted by atomic mass is 35.5. The van der Waals surface area contributed by atoms with Gasteiger partial charge in [-0.15, -0.1) is 12.4 Å². The number of sulfonamides is 1. The minimum Gasteiger partial charge on any atom is -0.309 e. The van der Waals surface area contributed by atoms with Crippen LogP contribution in [0.1, 0.15) is 48.5 Å². The average molecular weight is 551 g/mol. The van der Waals surface area contributed by atoms with Gasteiger partial charge in [-0.25, -0.2) is 13.4 Å². The maximum atomic E-state index is 13.6. The molecular weight excluding hydrogens is 516 g/mol. The Hall–Kier alpha value is -2.04. The zero-order chi connectivity index (χ0) is 25.0. The van der Waals surface area contributed by atoms with Gasteiger partial charge < -0.3 is 4.90 Å². The number of halogens is 1. The number of aromatic nitrogens is 1. The van der Waals surface area contributed by atoms with Crippen LogP contribution in [0.5, 0.6) is 0 Å². The smallest absolute Gasteiger partial charge is 0.260 e. The number of aryl methyl sites for hydroxylation is 1. The van der Waals surface area contributed by atoms with E-state index in [9.17, 15) is 13.2 Å². The van der Waals surface area contributed by atoms with Gasteiger partial charge in [-0.1, -0.05) is 30.7 Å². The van der Waals surface area contributed by atoms with Crippen molar-refractivity contribution in [2.45, 2.75) is 43.9 Å². The second-order valence-electron chi connectivity index (χ2n) is 9.25. The lowest BCUT2D eigenvalue weighted by Gasteiger charge is -2.26. The Balaban J connectivity index is 0.00000361. The van der Waals surface area contributed by atoms with E-state index in [0.29, 0.717) is 30.3 Å². The highest BCUT2D eigenvalue weighted by Gasteiger charge is 2.27. The van der Waals surface area contributed by atoms with Crippen LogP contribution < -0.4 is 4.90 Å². The minimum atomic E-state index is -3.53. The standard InChI is InChI=1S/C26H34N4O3S2.ClH/c1-4-20-9-14-23-24(19-20)34-26(27-23)30(18-8-15-28(2)3)25(31)21-10-12-22(13-11-21)35(32,33)29-16-6-5-7-17-29;/h9-14,19H,4-8,15-18H2,1-3H3;1H. The maximum Gasteiger partial charge on any atom is 0.260 e. The molecule has 0 spiro atoms. The second kappa shape index (κ2) is 12.5. The number of hydrogen-bond donors (Lipinski definition) is 0. The van der Waals surface area contributed by atoms with Crippen LogP contribution in [0.2, 0.25) is 0 Å². The molecule has 2 heterocycles. The minimum absolute atomic E-state index is 0. The van der Waals surface area contributed by atoms with E-state index in [2.05, 4.69) is 24.0 Å². The summed E-state index contributed by atoms with van der Waals surface area (Å²) in [5.74, 6) is -0.166. The lowest BCUT2D eigenvalue weighted by molar-refractivity contribution is 0.0986. The van der Waals surface area contributed by atoms with E-state index >= 15 is 0 Å². The van der Waals surface area contributed by atoms with Crippen molar-refractivity contribution in [3.8, 4) is 0 Å². The summed E-state index contributed by atoms with van der Waals surface area (Å²) in [5, 5.41) is 0.669. The number of nitrogens with zero attached hydrogens (tertiary/aromatic N) is 4. The average Bonchev–Trinajstić information content (AvgIpc) is 3.29. The maximum absolute atomic E-state index is 13.6. The molecule has 0 radical (unpaired) electrons. The molecule has 1 aliphatic rings. The molecule has 0 atom stereocenters. The van der Waals surface area contributed by atoms with Crippen LogP contribution in [0.25, 0.3) is 10.2 Å². The highest BCUT2D eigenvalue weighted by Crippen LogP contribution is 2.31. The molecule has 3 aromatic rings. The molecule has 1 amide bonds. The molecule has 36 heavy (non-hydrogen) atoms. The Morgan fingerprint density at radius 1 is 1.03 bits per heavy atom. The van der Waals surface area contributed by atoms with Gasteiger partial charge in [0.25, 0.3) is 5.91 Å². The lowest BCUT2D eigenvalue weighted by Crippen LogP contribution is -2.35. The van der Waals surface area contributed by atoms with Gasteiger partial charge in [0.2, 0.25) is 10.0 Å². The summed E-state index contributed by atoms with van der Waals surface area (Å²) < 4.78 is 28.6. The van der Waals surface area contributed by atoms with E-state index < -0.39 is 10.0 Å². The first kappa shape index (κ1) is 28.5. The number of carbonyl (C=O) groups is 1. The number of anilines is 1. The second-order valence-corrected chi connectivity index (χ2v) is 12.2. The monoisotopic (exact) mass is 550 g/mol. The molecule has 1 saturated heterocycles. The largest absolute Gasteiger partial charge is 0.309 e. The number of rotatable bonds is 9. The first-order valence-corrected chi connectivity index (χ1v) is 14.5. The summed E-state index contributed by atoms with van der Waals surface area (Å²) in [6.45, 7) is 4.61. The molecular formula is C26H35ClN4O3S2. The van der Waals surface area contributed by atoms with Gasteiger partial charge in [-0.2, -0.15) is 4.31 Å². The number of carbonyl (C=O) groups excluding carboxylic acids is 1. The predicted octanol–water partition coefficient (Wildman–Crippen LogP) is 5.05. The van der Waals surface area contributed by atoms with E-state index in [1.54, 1.807) is 33.5 Å². The number of amides is 1. The van der Waals surface area contributed by atoms with Crippen LogP contribution in [-0.4, -0.2) is 68.8 Å². The van der Waals surface area contributed by atoms with Crippen LogP contribution in [0.3, 0.4) is 0 Å².